The predicted molar refractivity (Wildman–Crippen MR) is 51.0 cm³/mol. The second-order valence-corrected chi connectivity index (χ2v) is 2.87. The van der Waals surface area contributed by atoms with Crippen molar-refractivity contribution in [3.63, 3.8) is 0 Å². The third-order valence-corrected chi connectivity index (χ3v) is 1.75. The molecule has 1 aromatic heterocycles. The van der Waals surface area contributed by atoms with Gasteiger partial charge in [-0.1, -0.05) is 0 Å². The molecule has 1 atom stereocenters. The summed E-state index contributed by atoms with van der Waals surface area (Å²) in [6.45, 7) is 3.14. The van der Waals surface area contributed by atoms with E-state index in [1.165, 1.54) is 6.92 Å². The van der Waals surface area contributed by atoms with Crippen LogP contribution in [0.3, 0.4) is 0 Å². The lowest BCUT2D eigenvalue weighted by molar-refractivity contribution is -0.146. The molecule has 0 aliphatic carbocycles. The van der Waals surface area contributed by atoms with Crippen LogP contribution in [0.5, 0.6) is 5.75 Å². The Kier molecular flexibility index (Phi) is 3.45. The van der Waals surface area contributed by atoms with E-state index in [2.05, 4.69) is 4.98 Å². The number of aromatic nitrogens is 1. The normalized spacial score (nSPS) is 11.9. The highest BCUT2D eigenvalue weighted by Crippen LogP contribution is 2.18. The van der Waals surface area contributed by atoms with E-state index >= 15 is 0 Å². The molecule has 0 saturated carbocycles. The number of nitrogens with zero attached hydrogens (tertiary/aromatic N) is 1. The molecule has 0 aromatic carbocycles. The molecule has 4 nitrogen and oxygen atoms in total. The lowest BCUT2D eigenvalue weighted by atomic mass is 10.2. The maximum atomic E-state index is 10.7. The van der Waals surface area contributed by atoms with Crippen molar-refractivity contribution in [2.75, 3.05) is 7.11 Å². The zero-order valence-corrected chi connectivity index (χ0v) is 8.48. The Morgan fingerprint density at radius 2 is 2.29 bits per heavy atom. The molecule has 0 spiro atoms. The van der Waals surface area contributed by atoms with E-state index in [9.17, 15) is 4.79 Å². The zero-order chi connectivity index (χ0) is 10.6. The Bertz CT molecular complexity index is 325. The van der Waals surface area contributed by atoms with E-state index in [-0.39, 0.29) is 12.1 Å². The minimum absolute atomic E-state index is 0.317. The fourth-order valence-electron chi connectivity index (χ4n) is 1.09. The molecule has 1 rings (SSSR count). The SMILES string of the molecule is COc1ccnc(C(C)OC(C)=O)c1. The molecule has 0 amide bonds. The summed E-state index contributed by atoms with van der Waals surface area (Å²) in [4.78, 5) is 14.8. The Morgan fingerprint density at radius 3 is 2.86 bits per heavy atom. The van der Waals surface area contributed by atoms with Gasteiger partial charge >= 0.3 is 5.97 Å². The number of ether oxygens (including phenoxy) is 2. The third kappa shape index (κ3) is 2.73. The molecule has 0 saturated heterocycles. The number of hydrogen-bond acceptors (Lipinski definition) is 4. The van der Waals surface area contributed by atoms with Crippen LogP contribution >= 0.6 is 0 Å². The molecule has 0 bridgehead atoms. The second-order valence-electron chi connectivity index (χ2n) is 2.87. The average molecular weight is 195 g/mol. The van der Waals surface area contributed by atoms with Gasteiger partial charge in [0.05, 0.1) is 12.8 Å². The molecular weight excluding hydrogens is 182 g/mol. The molecule has 0 fully saturated rings. The highest BCUT2D eigenvalue weighted by molar-refractivity contribution is 5.66. The van der Waals surface area contributed by atoms with Gasteiger partial charge in [0.2, 0.25) is 0 Å². The standard InChI is InChI=1S/C10H13NO3/c1-7(14-8(2)12)10-6-9(13-3)4-5-11-10/h4-7H,1-3H3. The van der Waals surface area contributed by atoms with E-state index in [0.717, 1.165) is 0 Å². The first-order valence-electron chi connectivity index (χ1n) is 4.30. The highest BCUT2D eigenvalue weighted by atomic mass is 16.5. The Labute approximate surface area is 82.9 Å². The topological polar surface area (TPSA) is 48.4 Å². The quantitative estimate of drug-likeness (QED) is 0.689. The van der Waals surface area contributed by atoms with Crippen molar-refractivity contribution >= 4 is 5.97 Å². The van der Waals surface area contributed by atoms with Crippen LogP contribution < -0.4 is 4.74 Å². The van der Waals surface area contributed by atoms with Gasteiger partial charge in [-0.25, -0.2) is 0 Å². The molecule has 0 aliphatic heterocycles. The minimum Gasteiger partial charge on any atom is -0.497 e. The summed E-state index contributed by atoms with van der Waals surface area (Å²) in [6, 6.07) is 3.48. The van der Waals surface area contributed by atoms with Gasteiger partial charge in [0.1, 0.15) is 11.9 Å². The van der Waals surface area contributed by atoms with E-state index in [0.29, 0.717) is 11.4 Å². The van der Waals surface area contributed by atoms with E-state index in [4.69, 9.17) is 9.47 Å². The smallest absolute Gasteiger partial charge is 0.303 e. The van der Waals surface area contributed by atoms with Crippen molar-refractivity contribution in [1.29, 1.82) is 0 Å². The number of carbonyl (C=O) groups excluding carboxylic acids is 1. The molecule has 0 radical (unpaired) electrons. The summed E-state index contributed by atoms with van der Waals surface area (Å²) in [5.41, 5.74) is 0.680. The van der Waals surface area contributed by atoms with Crippen molar-refractivity contribution in [3.05, 3.63) is 24.0 Å². The van der Waals surface area contributed by atoms with Crippen LogP contribution in [-0.2, 0) is 9.53 Å². The molecule has 1 unspecified atom stereocenters. The fraction of sp³-hybridized carbons (Fsp3) is 0.400. The van der Waals surface area contributed by atoms with Gasteiger partial charge in [0.25, 0.3) is 0 Å². The minimum atomic E-state index is -0.345. The Morgan fingerprint density at radius 1 is 1.57 bits per heavy atom. The van der Waals surface area contributed by atoms with Crippen molar-refractivity contribution < 1.29 is 14.3 Å². The highest BCUT2D eigenvalue weighted by Gasteiger charge is 2.10. The number of methoxy groups -OCH3 is 1. The van der Waals surface area contributed by atoms with Gasteiger partial charge in [-0.2, -0.15) is 0 Å². The van der Waals surface area contributed by atoms with E-state index in [1.807, 2.05) is 0 Å². The summed E-state index contributed by atoms with van der Waals surface area (Å²) < 4.78 is 10.0. The van der Waals surface area contributed by atoms with Crippen molar-refractivity contribution in [1.82, 2.24) is 4.98 Å². The number of carbonyl (C=O) groups is 1. The number of pyridine rings is 1. The van der Waals surface area contributed by atoms with Gasteiger partial charge in [-0.3, -0.25) is 9.78 Å². The summed E-state index contributed by atoms with van der Waals surface area (Å²) >= 11 is 0. The van der Waals surface area contributed by atoms with Crippen LogP contribution in [0, 0.1) is 0 Å². The van der Waals surface area contributed by atoms with Gasteiger partial charge in [-0.05, 0) is 13.0 Å². The van der Waals surface area contributed by atoms with Gasteiger partial charge in [0, 0.05) is 19.2 Å². The number of hydrogen-bond donors (Lipinski definition) is 0. The fourth-order valence-corrected chi connectivity index (χ4v) is 1.09. The van der Waals surface area contributed by atoms with Gasteiger partial charge in [-0.15, -0.1) is 0 Å². The van der Waals surface area contributed by atoms with Crippen molar-refractivity contribution in [2.45, 2.75) is 20.0 Å². The molecule has 1 aromatic rings. The third-order valence-electron chi connectivity index (χ3n) is 1.75. The number of rotatable bonds is 3. The average Bonchev–Trinajstić information content (AvgIpc) is 2.17. The molecule has 14 heavy (non-hydrogen) atoms. The lowest BCUT2D eigenvalue weighted by Crippen LogP contribution is -2.06. The molecule has 1 heterocycles. The number of esters is 1. The molecular formula is C10H13NO3. The van der Waals surface area contributed by atoms with Crippen LogP contribution in [-0.4, -0.2) is 18.1 Å². The first-order chi connectivity index (χ1) is 6.63. The predicted octanol–water partition coefficient (Wildman–Crippen LogP) is 1.71. The first kappa shape index (κ1) is 10.5. The molecule has 0 aliphatic rings. The second kappa shape index (κ2) is 4.60. The van der Waals surface area contributed by atoms with Crippen molar-refractivity contribution in [3.8, 4) is 5.75 Å². The Balaban J connectivity index is 2.78. The molecule has 0 N–H and O–H groups in total. The van der Waals surface area contributed by atoms with Crippen LogP contribution in [0.4, 0.5) is 0 Å². The summed E-state index contributed by atoms with van der Waals surface area (Å²) in [5, 5.41) is 0. The lowest BCUT2D eigenvalue weighted by Gasteiger charge is -2.11. The van der Waals surface area contributed by atoms with Crippen LogP contribution in [0.15, 0.2) is 18.3 Å². The monoisotopic (exact) mass is 195 g/mol. The maximum absolute atomic E-state index is 10.7. The van der Waals surface area contributed by atoms with Crippen LogP contribution in [0.25, 0.3) is 0 Å². The van der Waals surface area contributed by atoms with Crippen molar-refractivity contribution in [2.24, 2.45) is 0 Å². The van der Waals surface area contributed by atoms with Gasteiger partial charge < -0.3 is 9.47 Å². The molecule has 4 heteroatoms. The van der Waals surface area contributed by atoms with Crippen LogP contribution in [0.1, 0.15) is 25.6 Å². The summed E-state index contributed by atoms with van der Waals surface area (Å²) in [6.07, 6.45) is 1.27. The zero-order valence-electron chi connectivity index (χ0n) is 8.48. The summed E-state index contributed by atoms with van der Waals surface area (Å²) in [7, 11) is 1.58. The molecule has 76 valence electrons. The van der Waals surface area contributed by atoms with E-state index < -0.39 is 0 Å². The first-order valence-corrected chi connectivity index (χ1v) is 4.30. The largest absolute Gasteiger partial charge is 0.497 e. The maximum Gasteiger partial charge on any atom is 0.303 e. The summed E-state index contributed by atoms with van der Waals surface area (Å²) in [5.74, 6) is 0.385. The Hall–Kier alpha value is -1.58. The van der Waals surface area contributed by atoms with E-state index in [1.54, 1.807) is 32.4 Å². The van der Waals surface area contributed by atoms with Gasteiger partial charge in [0.15, 0.2) is 0 Å². The van der Waals surface area contributed by atoms with Crippen LogP contribution in [0.2, 0.25) is 0 Å².